The number of nitrogens with zero attached hydrogens (tertiary/aromatic N) is 4. The molecule has 0 unspecified atom stereocenters. The minimum absolute atomic E-state index is 0.114. The summed E-state index contributed by atoms with van der Waals surface area (Å²) in [6.07, 6.45) is 4.63. The van der Waals surface area contributed by atoms with E-state index in [2.05, 4.69) is 22.1 Å². The van der Waals surface area contributed by atoms with Crippen molar-refractivity contribution in [2.45, 2.75) is 40.0 Å². The zero-order valence-corrected chi connectivity index (χ0v) is 15.5. The Balaban J connectivity index is 2.31. The second kappa shape index (κ2) is 7.11. The summed E-state index contributed by atoms with van der Waals surface area (Å²) in [4.78, 5) is 16.6. The van der Waals surface area contributed by atoms with Crippen molar-refractivity contribution in [1.29, 1.82) is 0 Å². The summed E-state index contributed by atoms with van der Waals surface area (Å²) in [5.74, 6) is 1.34. The summed E-state index contributed by atoms with van der Waals surface area (Å²) in [7, 11) is 1.58. The molecule has 26 heavy (non-hydrogen) atoms. The van der Waals surface area contributed by atoms with E-state index in [0.717, 1.165) is 36.1 Å². The number of ether oxygens (including phenoxy) is 1. The van der Waals surface area contributed by atoms with Gasteiger partial charge in [0.2, 0.25) is 0 Å². The van der Waals surface area contributed by atoms with Crippen LogP contribution in [0.25, 0.3) is 22.3 Å². The van der Waals surface area contributed by atoms with Gasteiger partial charge in [-0.15, -0.1) is 10.2 Å². The van der Waals surface area contributed by atoms with Crippen molar-refractivity contribution in [3.8, 4) is 5.75 Å². The molecule has 0 aliphatic rings. The molecule has 2 N–H and O–H groups in total. The van der Waals surface area contributed by atoms with Gasteiger partial charge in [0.15, 0.2) is 11.4 Å². The molecule has 0 atom stereocenters. The van der Waals surface area contributed by atoms with Crippen molar-refractivity contribution < 1.29 is 9.53 Å². The molecular formula is C19H23N5O2. The van der Waals surface area contributed by atoms with Gasteiger partial charge in [0.1, 0.15) is 11.6 Å². The maximum Gasteiger partial charge on any atom is 0.179 e. The van der Waals surface area contributed by atoms with Gasteiger partial charge in [-0.3, -0.25) is 14.2 Å². The van der Waals surface area contributed by atoms with Crippen molar-refractivity contribution in [1.82, 2.24) is 19.6 Å². The van der Waals surface area contributed by atoms with Crippen LogP contribution in [0.5, 0.6) is 5.75 Å². The van der Waals surface area contributed by atoms with E-state index in [1.54, 1.807) is 20.2 Å². The Morgan fingerprint density at radius 2 is 2.04 bits per heavy atom. The Kier molecular flexibility index (Phi) is 4.88. The zero-order valence-electron chi connectivity index (χ0n) is 15.5. The number of allylic oxidation sites excluding steroid dienone is 2. The predicted octanol–water partition coefficient (Wildman–Crippen LogP) is 2.91. The molecule has 3 rings (SSSR count). The van der Waals surface area contributed by atoms with Gasteiger partial charge in [-0.1, -0.05) is 13.3 Å². The average Bonchev–Trinajstić information content (AvgIpc) is 3.02. The molecule has 0 aliphatic carbocycles. The van der Waals surface area contributed by atoms with Gasteiger partial charge in [-0.25, -0.2) is 0 Å². The number of aromatic nitrogens is 4. The number of hydrogen-bond donors (Lipinski definition) is 1. The number of carbonyl (C=O) groups excluding carboxylic acids is 1. The van der Waals surface area contributed by atoms with Gasteiger partial charge in [-0.05, 0) is 26.3 Å². The number of carbonyl (C=O) groups is 1. The van der Waals surface area contributed by atoms with E-state index < -0.39 is 0 Å². The Labute approximate surface area is 151 Å². The Morgan fingerprint density at radius 3 is 2.65 bits per heavy atom. The number of fused-ring (bicyclic) bond motifs is 3. The molecule has 136 valence electrons. The van der Waals surface area contributed by atoms with Crippen LogP contribution in [0.2, 0.25) is 0 Å². The molecule has 3 aromatic rings. The second-order valence-electron chi connectivity index (χ2n) is 6.33. The molecule has 2 aromatic heterocycles. The number of nitrogens with two attached hydrogens (primary N) is 1. The van der Waals surface area contributed by atoms with E-state index >= 15 is 0 Å². The van der Waals surface area contributed by atoms with E-state index in [1.807, 2.05) is 16.5 Å². The topological polar surface area (TPSA) is 95.4 Å². The quantitative estimate of drug-likeness (QED) is 0.685. The molecule has 0 amide bonds. The Hall–Kier alpha value is -2.96. The number of Topliss-reactive ketones (excluding diaryl/α,β-unsaturated/α-hetero) is 1. The van der Waals surface area contributed by atoms with Crippen molar-refractivity contribution >= 4 is 28.0 Å². The van der Waals surface area contributed by atoms with Crippen LogP contribution in [0.4, 0.5) is 0 Å². The number of methoxy groups -OCH3 is 1. The summed E-state index contributed by atoms with van der Waals surface area (Å²) in [5, 5.41) is 8.52. The third kappa shape index (κ3) is 3.00. The lowest BCUT2D eigenvalue weighted by molar-refractivity contribution is -0.111. The molecule has 0 radical (unpaired) electrons. The second-order valence-corrected chi connectivity index (χ2v) is 6.33. The minimum atomic E-state index is -0.114. The molecule has 1 aromatic carbocycles. The first-order valence-electron chi connectivity index (χ1n) is 8.66. The average molecular weight is 353 g/mol. The van der Waals surface area contributed by atoms with Crippen molar-refractivity contribution in [3.63, 3.8) is 0 Å². The highest BCUT2D eigenvalue weighted by atomic mass is 16.5. The van der Waals surface area contributed by atoms with Crippen LogP contribution in [0.3, 0.4) is 0 Å². The van der Waals surface area contributed by atoms with Gasteiger partial charge >= 0.3 is 0 Å². The monoisotopic (exact) mass is 353 g/mol. The van der Waals surface area contributed by atoms with Gasteiger partial charge < -0.3 is 10.5 Å². The molecule has 0 aliphatic heterocycles. The lowest BCUT2D eigenvalue weighted by Crippen LogP contribution is -2.07. The normalized spacial score (nSPS) is 12.5. The van der Waals surface area contributed by atoms with E-state index in [-0.39, 0.29) is 5.78 Å². The molecule has 0 fully saturated rings. The lowest BCUT2D eigenvalue weighted by atomic mass is 9.99. The first kappa shape index (κ1) is 17.8. The maximum atomic E-state index is 12.1. The molecular weight excluding hydrogens is 330 g/mol. The molecule has 0 bridgehead atoms. The summed E-state index contributed by atoms with van der Waals surface area (Å²) in [6.45, 7) is 5.34. The van der Waals surface area contributed by atoms with E-state index in [0.29, 0.717) is 28.2 Å². The SMILES string of the molecule is CCCCc1nnc2cnc3cc(C(C(C)=O)=C(C)N)c(OC)cc3n12. The fraction of sp³-hybridized carbons (Fsp3) is 0.368. The van der Waals surface area contributed by atoms with Gasteiger partial charge in [0.05, 0.1) is 24.3 Å². The number of unbranched alkanes of at least 4 members (excludes halogenated alkanes) is 1. The van der Waals surface area contributed by atoms with E-state index in [4.69, 9.17) is 10.5 Å². The number of rotatable bonds is 6. The summed E-state index contributed by atoms with van der Waals surface area (Å²) < 4.78 is 7.55. The highest BCUT2D eigenvalue weighted by molar-refractivity contribution is 6.21. The van der Waals surface area contributed by atoms with Gasteiger partial charge in [-0.2, -0.15) is 0 Å². The highest BCUT2D eigenvalue weighted by Crippen LogP contribution is 2.32. The van der Waals surface area contributed by atoms with Gasteiger partial charge in [0.25, 0.3) is 0 Å². The smallest absolute Gasteiger partial charge is 0.179 e. The number of ketones is 1. The van der Waals surface area contributed by atoms with Crippen molar-refractivity contribution in [3.05, 3.63) is 35.4 Å². The van der Waals surface area contributed by atoms with E-state index in [9.17, 15) is 4.79 Å². The molecule has 0 spiro atoms. The Morgan fingerprint density at radius 1 is 1.27 bits per heavy atom. The highest BCUT2D eigenvalue weighted by Gasteiger charge is 2.18. The van der Waals surface area contributed by atoms with Crippen LogP contribution in [0.15, 0.2) is 24.0 Å². The molecule has 7 nitrogen and oxygen atoms in total. The largest absolute Gasteiger partial charge is 0.496 e. The summed E-state index contributed by atoms with van der Waals surface area (Å²) >= 11 is 0. The third-order valence-electron chi connectivity index (χ3n) is 4.38. The van der Waals surface area contributed by atoms with Crippen LogP contribution in [-0.2, 0) is 11.2 Å². The first-order valence-corrected chi connectivity index (χ1v) is 8.66. The minimum Gasteiger partial charge on any atom is -0.496 e. The third-order valence-corrected chi connectivity index (χ3v) is 4.38. The summed E-state index contributed by atoms with van der Waals surface area (Å²) in [6, 6.07) is 3.71. The van der Waals surface area contributed by atoms with Crippen molar-refractivity contribution in [2.24, 2.45) is 5.73 Å². The van der Waals surface area contributed by atoms with Crippen molar-refractivity contribution in [2.75, 3.05) is 7.11 Å². The number of aryl methyl sites for hydroxylation is 1. The fourth-order valence-corrected chi connectivity index (χ4v) is 3.18. The zero-order chi connectivity index (χ0) is 18.8. The van der Waals surface area contributed by atoms with Gasteiger partial charge in [0, 0.05) is 29.3 Å². The van der Waals surface area contributed by atoms with E-state index in [1.165, 1.54) is 6.92 Å². The van der Waals surface area contributed by atoms with Crippen LogP contribution in [-0.4, -0.2) is 32.5 Å². The van der Waals surface area contributed by atoms with Crippen LogP contribution < -0.4 is 10.5 Å². The maximum absolute atomic E-state index is 12.1. The predicted molar refractivity (Wildman–Crippen MR) is 101 cm³/mol. The van der Waals surface area contributed by atoms with Crippen LogP contribution in [0, 0.1) is 0 Å². The van der Waals surface area contributed by atoms with Crippen LogP contribution >= 0.6 is 0 Å². The van der Waals surface area contributed by atoms with Crippen LogP contribution in [0.1, 0.15) is 45.0 Å². The number of hydrogen-bond acceptors (Lipinski definition) is 6. The Bertz CT molecular complexity index is 1020. The fourth-order valence-electron chi connectivity index (χ4n) is 3.18. The summed E-state index contributed by atoms with van der Waals surface area (Å²) in [5.41, 5.74) is 9.74. The lowest BCUT2D eigenvalue weighted by Gasteiger charge is -2.14. The standard InChI is InChI=1S/C19H23N5O2/c1-5-6-7-17-22-23-18-10-21-14-8-13(19(11(2)20)12(3)25)16(26-4)9-15(14)24(17)18/h8-10H,5-7,20H2,1-4H3. The molecule has 2 heterocycles. The molecule has 7 heteroatoms. The number of benzene rings is 1. The molecule has 0 saturated carbocycles. The molecule has 0 saturated heterocycles. The first-order chi connectivity index (χ1) is 12.5.